The molecule has 2 N–H and O–H groups in total. The van der Waals surface area contributed by atoms with Crippen molar-refractivity contribution in [3.05, 3.63) is 29.0 Å². The molecule has 3 rings (SSSR count). The third kappa shape index (κ3) is 2.92. The van der Waals surface area contributed by atoms with Crippen molar-refractivity contribution in [3.63, 3.8) is 0 Å². The van der Waals surface area contributed by atoms with Crippen LogP contribution in [0, 0.1) is 0 Å². The second-order valence-electron chi connectivity index (χ2n) is 4.60. The van der Waals surface area contributed by atoms with Crippen LogP contribution in [0.15, 0.2) is 22.7 Å². The number of nitrogens with zero attached hydrogens (tertiary/aromatic N) is 2. The van der Waals surface area contributed by atoms with Gasteiger partial charge in [-0.15, -0.1) is 11.8 Å². The van der Waals surface area contributed by atoms with E-state index >= 15 is 0 Å². The van der Waals surface area contributed by atoms with Crippen molar-refractivity contribution < 1.29 is 4.52 Å². The summed E-state index contributed by atoms with van der Waals surface area (Å²) in [6.45, 7) is 2.20. The van der Waals surface area contributed by atoms with Gasteiger partial charge in [-0.2, -0.15) is 16.7 Å². The zero-order valence-electron chi connectivity index (χ0n) is 10.9. The quantitative estimate of drug-likeness (QED) is 0.844. The lowest BCUT2D eigenvalue weighted by molar-refractivity contribution is 0.422. The maximum Gasteiger partial charge on any atom is 0.258 e. The standard InChI is InChI=1S/C13H14ClN3OS2/c1-7-11(20-3-2-19-7)12-16-13(18-17-12)8-4-9(14)6-10(15)5-8/h4-7,11H,2-3,15H2,1H3. The topological polar surface area (TPSA) is 64.9 Å². The molecule has 1 aromatic carbocycles. The maximum absolute atomic E-state index is 6.00. The molecule has 0 amide bonds. The molecule has 1 fully saturated rings. The maximum atomic E-state index is 6.00. The highest BCUT2D eigenvalue weighted by Gasteiger charge is 2.28. The first-order valence-electron chi connectivity index (χ1n) is 6.27. The Hall–Kier alpha value is -0.850. The van der Waals surface area contributed by atoms with E-state index in [1.165, 1.54) is 5.75 Å². The molecule has 2 aromatic rings. The molecule has 1 aliphatic heterocycles. The fourth-order valence-corrected chi connectivity index (χ4v) is 5.04. The van der Waals surface area contributed by atoms with Crippen molar-refractivity contribution in [2.45, 2.75) is 17.4 Å². The molecule has 20 heavy (non-hydrogen) atoms. The van der Waals surface area contributed by atoms with E-state index in [1.54, 1.807) is 18.2 Å². The van der Waals surface area contributed by atoms with Crippen molar-refractivity contribution in [1.29, 1.82) is 0 Å². The minimum Gasteiger partial charge on any atom is -0.399 e. The Morgan fingerprint density at radius 2 is 2.10 bits per heavy atom. The summed E-state index contributed by atoms with van der Waals surface area (Å²) in [5.41, 5.74) is 7.13. The van der Waals surface area contributed by atoms with Gasteiger partial charge in [-0.25, -0.2) is 0 Å². The average molecular weight is 328 g/mol. The smallest absolute Gasteiger partial charge is 0.258 e. The first-order valence-corrected chi connectivity index (χ1v) is 8.74. The monoisotopic (exact) mass is 327 g/mol. The number of anilines is 1. The number of rotatable bonds is 2. The van der Waals surface area contributed by atoms with E-state index < -0.39 is 0 Å². The van der Waals surface area contributed by atoms with Gasteiger partial charge < -0.3 is 10.3 Å². The summed E-state index contributed by atoms with van der Waals surface area (Å²) in [5.74, 6) is 3.52. The molecule has 0 saturated carbocycles. The molecule has 0 bridgehead atoms. The van der Waals surface area contributed by atoms with Crippen LogP contribution < -0.4 is 5.73 Å². The molecule has 1 aromatic heterocycles. The Balaban J connectivity index is 1.89. The molecule has 2 atom stereocenters. The predicted octanol–water partition coefficient (Wildman–Crippen LogP) is 3.88. The summed E-state index contributed by atoms with van der Waals surface area (Å²) in [7, 11) is 0. The molecule has 1 aliphatic rings. The van der Waals surface area contributed by atoms with E-state index in [9.17, 15) is 0 Å². The van der Waals surface area contributed by atoms with Gasteiger partial charge in [-0.3, -0.25) is 0 Å². The van der Waals surface area contributed by atoms with Crippen LogP contribution in [-0.4, -0.2) is 26.9 Å². The molecule has 1 saturated heterocycles. The third-order valence-electron chi connectivity index (χ3n) is 3.05. The highest BCUT2D eigenvalue weighted by Crippen LogP contribution is 2.41. The number of hydrogen-bond donors (Lipinski definition) is 1. The fraction of sp³-hybridized carbons (Fsp3) is 0.385. The van der Waals surface area contributed by atoms with Crippen molar-refractivity contribution in [2.75, 3.05) is 17.2 Å². The molecule has 4 nitrogen and oxygen atoms in total. The van der Waals surface area contributed by atoms with Gasteiger partial charge in [0.2, 0.25) is 0 Å². The van der Waals surface area contributed by atoms with Gasteiger partial charge in [-0.05, 0) is 18.2 Å². The highest BCUT2D eigenvalue weighted by atomic mass is 35.5. The number of benzene rings is 1. The summed E-state index contributed by atoms with van der Waals surface area (Å²) in [5, 5.41) is 5.46. The lowest BCUT2D eigenvalue weighted by atomic mass is 10.2. The molecule has 2 unspecified atom stereocenters. The fourth-order valence-electron chi connectivity index (χ4n) is 2.12. The molecule has 0 spiro atoms. The molecular weight excluding hydrogens is 314 g/mol. The predicted molar refractivity (Wildman–Crippen MR) is 86.3 cm³/mol. The van der Waals surface area contributed by atoms with Crippen molar-refractivity contribution >= 4 is 40.8 Å². The first-order chi connectivity index (χ1) is 9.63. The third-order valence-corrected chi connectivity index (χ3v) is 6.36. The number of nitrogen functional groups attached to an aromatic ring is 1. The lowest BCUT2D eigenvalue weighted by Crippen LogP contribution is -2.16. The molecule has 0 aliphatic carbocycles. The normalized spacial score (nSPS) is 22.9. The van der Waals surface area contributed by atoms with Gasteiger partial charge in [0.25, 0.3) is 5.89 Å². The van der Waals surface area contributed by atoms with Crippen LogP contribution in [0.25, 0.3) is 11.5 Å². The number of halogens is 1. The molecule has 0 radical (unpaired) electrons. The van der Waals surface area contributed by atoms with Gasteiger partial charge in [0.1, 0.15) is 0 Å². The zero-order chi connectivity index (χ0) is 14.1. The van der Waals surface area contributed by atoms with Crippen molar-refractivity contribution in [3.8, 4) is 11.5 Å². The van der Waals surface area contributed by atoms with Crippen LogP contribution in [0.2, 0.25) is 5.02 Å². The van der Waals surface area contributed by atoms with Crippen LogP contribution in [-0.2, 0) is 0 Å². The Morgan fingerprint density at radius 3 is 2.85 bits per heavy atom. The van der Waals surface area contributed by atoms with Gasteiger partial charge in [0.15, 0.2) is 5.82 Å². The minimum atomic E-state index is 0.280. The number of nitrogens with two attached hydrogens (primary N) is 1. The van der Waals surface area contributed by atoms with Gasteiger partial charge in [0.05, 0.1) is 5.25 Å². The minimum absolute atomic E-state index is 0.280. The summed E-state index contributed by atoms with van der Waals surface area (Å²) < 4.78 is 5.36. The Labute approximate surface area is 130 Å². The van der Waals surface area contributed by atoms with Gasteiger partial charge in [-0.1, -0.05) is 23.7 Å². The van der Waals surface area contributed by atoms with E-state index in [0.717, 1.165) is 17.1 Å². The van der Waals surface area contributed by atoms with E-state index in [1.807, 2.05) is 23.5 Å². The number of thioether (sulfide) groups is 2. The van der Waals surface area contributed by atoms with Crippen LogP contribution in [0.5, 0.6) is 0 Å². The molecule has 2 heterocycles. The first kappa shape index (κ1) is 14.1. The van der Waals surface area contributed by atoms with Crippen molar-refractivity contribution in [2.24, 2.45) is 0 Å². The van der Waals surface area contributed by atoms with E-state index in [-0.39, 0.29) is 5.25 Å². The molecular formula is C13H14ClN3OS2. The van der Waals surface area contributed by atoms with Crippen LogP contribution in [0.3, 0.4) is 0 Å². The lowest BCUT2D eigenvalue weighted by Gasteiger charge is -2.24. The van der Waals surface area contributed by atoms with Crippen LogP contribution in [0.1, 0.15) is 18.0 Å². The largest absolute Gasteiger partial charge is 0.399 e. The van der Waals surface area contributed by atoms with Crippen LogP contribution in [0.4, 0.5) is 5.69 Å². The Kier molecular flexibility index (Phi) is 4.14. The Morgan fingerprint density at radius 1 is 1.30 bits per heavy atom. The van der Waals surface area contributed by atoms with E-state index in [4.69, 9.17) is 21.9 Å². The summed E-state index contributed by atoms with van der Waals surface area (Å²) in [6.07, 6.45) is 0. The van der Waals surface area contributed by atoms with Crippen molar-refractivity contribution in [1.82, 2.24) is 10.1 Å². The SMILES string of the molecule is CC1SCCSC1c1noc(-c2cc(N)cc(Cl)c2)n1. The number of hydrogen-bond acceptors (Lipinski definition) is 6. The zero-order valence-corrected chi connectivity index (χ0v) is 13.3. The molecule has 7 heteroatoms. The van der Waals surface area contributed by atoms with E-state index in [0.29, 0.717) is 21.9 Å². The van der Waals surface area contributed by atoms with Gasteiger partial charge in [0, 0.05) is 33.0 Å². The summed E-state index contributed by atoms with van der Waals surface area (Å²) in [6, 6.07) is 5.26. The highest BCUT2D eigenvalue weighted by molar-refractivity contribution is 8.06. The van der Waals surface area contributed by atoms with Crippen LogP contribution >= 0.6 is 35.1 Å². The van der Waals surface area contributed by atoms with Gasteiger partial charge >= 0.3 is 0 Å². The summed E-state index contributed by atoms with van der Waals surface area (Å²) >= 11 is 9.83. The Bertz CT molecular complexity index is 599. The van der Waals surface area contributed by atoms with E-state index in [2.05, 4.69) is 17.1 Å². The second kappa shape index (κ2) is 5.87. The molecule has 106 valence electrons. The average Bonchev–Trinajstić information content (AvgIpc) is 2.87. The summed E-state index contributed by atoms with van der Waals surface area (Å²) in [4.78, 5) is 4.51. The number of aromatic nitrogens is 2. The second-order valence-corrected chi connectivity index (χ2v) is 7.77.